The Balaban J connectivity index is 1.37. The van der Waals surface area contributed by atoms with Crippen LogP contribution in [-0.2, 0) is 10.2 Å². The van der Waals surface area contributed by atoms with Gasteiger partial charge >= 0.3 is 0 Å². The fraction of sp³-hybridized carbons (Fsp3) is 0.719. The second kappa shape index (κ2) is 9.97. The second-order valence-corrected chi connectivity index (χ2v) is 15.1. The Hall–Kier alpha value is -2.65. The SMILES string of the molecule is CC1(O)CC(C(=O)N2CCN(C(=O)c3cc4nc(N5CCC(C(C)(C)O)CC5)cc(C(C)(C)C)c4o3)C(C)(C)C2)C1. The number of carbonyl (C=O) groups excluding carboxylic acids is 2. The summed E-state index contributed by atoms with van der Waals surface area (Å²) in [6.45, 7) is 18.9. The zero-order valence-electron chi connectivity index (χ0n) is 26.1. The lowest BCUT2D eigenvalue weighted by molar-refractivity contribution is -0.153. The molecule has 41 heavy (non-hydrogen) atoms. The van der Waals surface area contributed by atoms with Gasteiger partial charge < -0.3 is 29.3 Å². The number of aromatic nitrogens is 1. The normalized spacial score (nSPS) is 25.9. The van der Waals surface area contributed by atoms with Crippen molar-refractivity contribution in [2.75, 3.05) is 37.6 Å². The number of carbonyl (C=O) groups is 2. The summed E-state index contributed by atoms with van der Waals surface area (Å²) in [6, 6.07) is 3.86. The van der Waals surface area contributed by atoms with Crippen molar-refractivity contribution in [2.45, 2.75) is 103 Å². The van der Waals surface area contributed by atoms with E-state index in [1.165, 1.54) is 0 Å². The molecular weight excluding hydrogens is 520 g/mol. The highest BCUT2D eigenvalue weighted by molar-refractivity contribution is 5.97. The van der Waals surface area contributed by atoms with Gasteiger partial charge in [-0.2, -0.15) is 0 Å². The summed E-state index contributed by atoms with van der Waals surface area (Å²) in [4.78, 5) is 37.8. The Kier molecular flexibility index (Phi) is 7.25. The fourth-order valence-electron chi connectivity index (χ4n) is 6.93. The van der Waals surface area contributed by atoms with Gasteiger partial charge in [-0.1, -0.05) is 20.8 Å². The lowest BCUT2D eigenvalue weighted by Crippen LogP contribution is -2.63. The average Bonchev–Trinajstić information content (AvgIpc) is 3.28. The number of pyridine rings is 1. The molecule has 2 aliphatic heterocycles. The third kappa shape index (κ3) is 5.85. The van der Waals surface area contributed by atoms with Gasteiger partial charge in [0.15, 0.2) is 11.3 Å². The van der Waals surface area contributed by atoms with Crippen molar-refractivity contribution >= 4 is 28.7 Å². The number of hydrogen-bond acceptors (Lipinski definition) is 7. The minimum absolute atomic E-state index is 0.0681. The Morgan fingerprint density at radius 3 is 2.17 bits per heavy atom. The van der Waals surface area contributed by atoms with Gasteiger partial charge in [0.1, 0.15) is 11.3 Å². The quantitative estimate of drug-likeness (QED) is 0.565. The molecule has 226 valence electrons. The van der Waals surface area contributed by atoms with Gasteiger partial charge in [0.25, 0.3) is 5.91 Å². The van der Waals surface area contributed by atoms with E-state index in [9.17, 15) is 19.8 Å². The van der Waals surface area contributed by atoms with Crippen LogP contribution in [0.1, 0.15) is 97.2 Å². The largest absolute Gasteiger partial charge is 0.449 e. The predicted octanol–water partition coefficient (Wildman–Crippen LogP) is 4.34. The molecule has 2 amide bonds. The third-order valence-electron chi connectivity index (χ3n) is 9.48. The first-order chi connectivity index (χ1) is 18.9. The van der Waals surface area contributed by atoms with Crippen LogP contribution in [0.5, 0.6) is 0 Å². The molecule has 3 aliphatic rings. The molecule has 1 saturated carbocycles. The Bertz CT molecular complexity index is 1320. The second-order valence-electron chi connectivity index (χ2n) is 15.1. The molecule has 1 aliphatic carbocycles. The molecule has 3 fully saturated rings. The topological polar surface area (TPSA) is 110 Å². The van der Waals surface area contributed by atoms with Gasteiger partial charge in [-0.3, -0.25) is 9.59 Å². The number of aliphatic hydroxyl groups is 2. The smallest absolute Gasteiger partial charge is 0.290 e. The number of piperidine rings is 1. The molecule has 2 N–H and O–H groups in total. The number of furan rings is 1. The molecule has 5 rings (SSSR count). The molecule has 0 unspecified atom stereocenters. The van der Waals surface area contributed by atoms with Crippen molar-refractivity contribution in [3.05, 3.63) is 23.5 Å². The van der Waals surface area contributed by atoms with E-state index >= 15 is 0 Å². The summed E-state index contributed by atoms with van der Waals surface area (Å²) in [5.74, 6) is 1.12. The van der Waals surface area contributed by atoms with Gasteiger partial charge in [-0.05, 0) is 77.7 Å². The van der Waals surface area contributed by atoms with Crippen molar-refractivity contribution in [3.63, 3.8) is 0 Å². The molecule has 9 heteroatoms. The standard InChI is InChI=1S/C32H48N4O5/c1-29(2,3)22-15-25(34-11-9-21(10-12-34)31(6,7)39)33-23-16-24(41-26(22)23)28(38)36-14-13-35(19-30(36,4)5)27(37)20-17-32(8,40)18-20/h15-16,20-21,39-40H,9-14,17-19H2,1-8H3. The minimum Gasteiger partial charge on any atom is -0.449 e. The van der Waals surface area contributed by atoms with Crippen LogP contribution in [0, 0.1) is 11.8 Å². The number of anilines is 1. The van der Waals surface area contributed by atoms with E-state index in [-0.39, 0.29) is 34.8 Å². The highest BCUT2D eigenvalue weighted by Crippen LogP contribution is 2.40. The monoisotopic (exact) mass is 568 g/mol. The lowest BCUT2D eigenvalue weighted by Gasteiger charge is -2.49. The lowest BCUT2D eigenvalue weighted by atomic mass is 9.71. The van der Waals surface area contributed by atoms with Crippen LogP contribution in [0.2, 0.25) is 0 Å². The van der Waals surface area contributed by atoms with Crippen molar-refractivity contribution in [2.24, 2.45) is 11.8 Å². The van der Waals surface area contributed by atoms with E-state index in [2.05, 4.69) is 31.7 Å². The summed E-state index contributed by atoms with van der Waals surface area (Å²) >= 11 is 0. The number of rotatable bonds is 4. The molecular formula is C32H48N4O5. The van der Waals surface area contributed by atoms with E-state index in [0.717, 1.165) is 37.3 Å². The Morgan fingerprint density at radius 2 is 1.63 bits per heavy atom. The van der Waals surface area contributed by atoms with E-state index in [1.807, 2.05) is 37.5 Å². The summed E-state index contributed by atoms with van der Waals surface area (Å²) in [5.41, 5.74) is 0.0750. The maximum atomic E-state index is 13.9. The molecule has 0 bridgehead atoms. The van der Waals surface area contributed by atoms with Crippen molar-refractivity contribution in [3.8, 4) is 0 Å². The molecule has 2 aromatic rings. The summed E-state index contributed by atoms with van der Waals surface area (Å²) < 4.78 is 6.29. The van der Waals surface area contributed by atoms with Gasteiger partial charge in [-0.15, -0.1) is 0 Å². The van der Waals surface area contributed by atoms with Crippen LogP contribution in [0.3, 0.4) is 0 Å². The molecule has 0 radical (unpaired) electrons. The number of piperazine rings is 1. The number of amides is 2. The maximum Gasteiger partial charge on any atom is 0.290 e. The van der Waals surface area contributed by atoms with Gasteiger partial charge in [0, 0.05) is 50.3 Å². The van der Waals surface area contributed by atoms with Crippen LogP contribution in [0.15, 0.2) is 16.5 Å². The third-order valence-corrected chi connectivity index (χ3v) is 9.48. The molecule has 4 heterocycles. The highest BCUT2D eigenvalue weighted by Gasteiger charge is 2.47. The molecule has 0 atom stereocenters. The molecule has 0 spiro atoms. The first-order valence-corrected chi connectivity index (χ1v) is 15.1. The van der Waals surface area contributed by atoms with E-state index in [4.69, 9.17) is 9.40 Å². The van der Waals surface area contributed by atoms with E-state index < -0.39 is 16.7 Å². The fourth-order valence-corrected chi connectivity index (χ4v) is 6.93. The van der Waals surface area contributed by atoms with Gasteiger partial charge in [0.05, 0.1) is 16.7 Å². The van der Waals surface area contributed by atoms with Crippen LogP contribution in [-0.4, -0.2) is 86.3 Å². The van der Waals surface area contributed by atoms with Crippen molar-refractivity contribution < 1.29 is 24.2 Å². The molecule has 0 aromatic carbocycles. The first kappa shape index (κ1) is 29.8. The molecule has 2 saturated heterocycles. The van der Waals surface area contributed by atoms with Gasteiger partial charge in [0.2, 0.25) is 5.91 Å². The van der Waals surface area contributed by atoms with Crippen molar-refractivity contribution in [1.82, 2.24) is 14.8 Å². The zero-order chi connectivity index (χ0) is 30.1. The van der Waals surface area contributed by atoms with Gasteiger partial charge in [-0.25, -0.2) is 4.98 Å². The number of nitrogens with zero attached hydrogens (tertiary/aromatic N) is 4. The zero-order valence-corrected chi connectivity index (χ0v) is 26.1. The van der Waals surface area contributed by atoms with E-state index in [0.29, 0.717) is 43.6 Å². The van der Waals surface area contributed by atoms with Crippen LogP contribution < -0.4 is 4.90 Å². The summed E-state index contributed by atoms with van der Waals surface area (Å²) in [6.07, 6.45) is 2.78. The van der Waals surface area contributed by atoms with Crippen LogP contribution in [0.25, 0.3) is 11.1 Å². The Labute approximate surface area is 243 Å². The number of fused-ring (bicyclic) bond motifs is 1. The summed E-state index contributed by atoms with van der Waals surface area (Å²) in [5, 5.41) is 20.6. The van der Waals surface area contributed by atoms with Crippen molar-refractivity contribution in [1.29, 1.82) is 0 Å². The summed E-state index contributed by atoms with van der Waals surface area (Å²) in [7, 11) is 0. The molecule has 2 aromatic heterocycles. The van der Waals surface area contributed by atoms with Crippen LogP contribution >= 0.6 is 0 Å². The maximum absolute atomic E-state index is 13.9. The van der Waals surface area contributed by atoms with E-state index in [1.54, 1.807) is 13.0 Å². The highest BCUT2D eigenvalue weighted by atomic mass is 16.3. The van der Waals surface area contributed by atoms with Crippen LogP contribution in [0.4, 0.5) is 5.82 Å². The minimum atomic E-state index is -0.749. The Morgan fingerprint density at radius 1 is 1.00 bits per heavy atom. The predicted molar refractivity (Wildman–Crippen MR) is 159 cm³/mol. The average molecular weight is 569 g/mol. The number of hydrogen-bond donors (Lipinski definition) is 2. The molecule has 9 nitrogen and oxygen atoms in total. The first-order valence-electron chi connectivity index (χ1n) is 15.1.